The molecule has 0 spiro atoms. The van der Waals surface area contributed by atoms with Crippen LogP contribution in [-0.4, -0.2) is 36.0 Å². The fourth-order valence-electron chi connectivity index (χ4n) is 2.73. The van der Waals surface area contributed by atoms with E-state index in [9.17, 15) is 9.18 Å². The van der Waals surface area contributed by atoms with Gasteiger partial charge in [0.25, 0.3) is 0 Å². The first-order chi connectivity index (χ1) is 9.56. The highest BCUT2D eigenvalue weighted by molar-refractivity contribution is 5.92. The number of anilines is 1. The predicted molar refractivity (Wildman–Crippen MR) is 85.1 cm³/mol. The number of nitrogens with one attached hydrogen (secondary N) is 1. The van der Waals surface area contributed by atoms with E-state index in [1.807, 2.05) is 6.92 Å². The van der Waals surface area contributed by atoms with E-state index in [1.165, 1.54) is 18.6 Å². The molecule has 1 heterocycles. The van der Waals surface area contributed by atoms with Gasteiger partial charge in [-0.05, 0) is 50.6 Å². The van der Waals surface area contributed by atoms with Gasteiger partial charge in [0.15, 0.2) is 0 Å². The first kappa shape index (κ1) is 17.9. The molecule has 1 amide bonds. The van der Waals surface area contributed by atoms with Gasteiger partial charge < -0.3 is 11.1 Å². The van der Waals surface area contributed by atoms with E-state index in [4.69, 9.17) is 5.73 Å². The lowest BCUT2D eigenvalue weighted by atomic mass is 9.97. The molecule has 118 valence electrons. The minimum atomic E-state index is -0.309. The van der Waals surface area contributed by atoms with Crippen LogP contribution in [-0.2, 0) is 4.79 Å². The molecule has 2 rings (SSSR count). The van der Waals surface area contributed by atoms with Gasteiger partial charge >= 0.3 is 0 Å². The number of hydrogen-bond acceptors (Lipinski definition) is 3. The zero-order valence-corrected chi connectivity index (χ0v) is 13.0. The zero-order chi connectivity index (χ0) is 14.5. The molecule has 0 bridgehead atoms. The first-order valence-corrected chi connectivity index (χ1v) is 7.11. The molecule has 0 aromatic heterocycles. The van der Waals surface area contributed by atoms with Crippen molar-refractivity contribution in [2.24, 2.45) is 5.73 Å². The Hall–Kier alpha value is -1.17. The molecule has 0 saturated carbocycles. The summed E-state index contributed by atoms with van der Waals surface area (Å²) in [6.07, 6.45) is 3.32. The molecular weight excluding hydrogens is 293 g/mol. The summed E-state index contributed by atoms with van der Waals surface area (Å²) >= 11 is 0. The van der Waals surface area contributed by atoms with Gasteiger partial charge in [0.1, 0.15) is 5.82 Å². The predicted octanol–water partition coefficient (Wildman–Crippen LogP) is 2.39. The van der Waals surface area contributed by atoms with Gasteiger partial charge in [-0.2, -0.15) is 0 Å². The van der Waals surface area contributed by atoms with E-state index in [0.717, 1.165) is 19.4 Å². The summed E-state index contributed by atoms with van der Waals surface area (Å²) < 4.78 is 12.8. The van der Waals surface area contributed by atoms with E-state index < -0.39 is 0 Å². The van der Waals surface area contributed by atoms with Gasteiger partial charge in [-0.15, -0.1) is 12.4 Å². The second-order valence-electron chi connectivity index (χ2n) is 5.45. The Morgan fingerprint density at radius 1 is 1.43 bits per heavy atom. The quantitative estimate of drug-likeness (QED) is 0.897. The summed E-state index contributed by atoms with van der Waals surface area (Å²) in [4.78, 5) is 14.2. The summed E-state index contributed by atoms with van der Waals surface area (Å²) in [6, 6.07) is 6.12. The number of rotatable bonds is 4. The van der Waals surface area contributed by atoms with E-state index in [-0.39, 0.29) is 36.2 Å². The number of carbonyl (C=O) groups excluding carboxylic acids is 1. The van der Waals surface area contributed by atoms with Gasteiger partial charge in [-0.1, -0.05) is 6.42 Å². The summed E-state index contributed by atoms with van der Waals surface area (Å²) in [5.41, 5.74) is 6.60. The van der Waals surface area contributed by atoms with Crippen LogP contribution in [0.3, 0.4) is 0 Å². The maximum Gasteiger partial charge on any atom is 0.238 e. The second-order valence-corrected chi connectivity index (χ2v) is 5.45. The highest BCUT2D eigenvalue weighted by Crippen LogP contribution is 2.19. The SMILES string of the molecule is CC(N)C1CCCCN1CC(=O)Nc1ccc(F)cc1.Cl. The highest BCUT2D eigenvalue weighted by atomic mass is 35.5. The van der Waals surface area contributed by atoms with Crippen molar-refractivity contribution in [3.05, 3.63) is 30.1 Å². The monoisotopic (exact) mass is 315 g/mol. The second kappa shape index (κ2) is 8.32. The summed E-state index contributed by atoms with van der Waals surface area (Å²) in [5.74, 6) is -0.389. The fourth-order valence-corrected chi connectivity index (χ4v) is 2.73. The van der Waals surface area contributed by atoms with E-state index in [2.05, 4.69) is 10.2 Å². The molecule has 2 atom stereocenters. The Balaban J connectivity index is 0.00000220. The van der Waals surface area contributed by atoms with Crippen LogP contribution < -0.4 is 11.1 Å². The number of carbonyl (C=O) groups is 1. The Morgan fingerprint density at radius 3 is 2.71 bits per heavy atom. The lowest BCUT2D eigenvalue weighted by molar-refractivity contribution is -0.118. The van der Waals surface area contributed by atoms with Crippen molar-refractivity contribution in [2.75, 3.05) is 18.4 Å². The minimum absolute atomic E-state index is 0. The molecule has 2 unspecified atom stereocenters. The molecule has 6 heteroatoms. The van der Waals surface area contributed by atoms with Crippen LogP contribution in [0.25, 0.3) is 0 Å². The van der Waals surface area contributed by atoms with E-state index >= 15 is 0 Å². The van der Waals surface area contributed by atoms with Crippen molar-refractivity contribution in [3.8, 4) is 0 Å². The third-order valence-electron chi connectivity index (χ3n) is 3.75. The normalized spacial score (nSPS) is 20.4. The van der Waals surface area contributed by atoms with Crippen molar-refractivity contribution in [2.45, 2.75) is 38.3 Å². The fraction of sp³-hybridized carbons (Fsp3) is 0.533. The van der Waals surface area contributed by atoms with Crippen LogP contribution in [0.5, 0.6) is 0 Å². The number of piperidine rings is 1. The highest BCUT2D eigenvalue weighted by Gasteiger charge is 2.26. The van der Waals surface area contributed by atoms with E-state index in [1.54, 1.807) is 12.1 Å². The lowest BCUT2D eigenvalue weighted by Gasteiger charge is -2.37. The van der Waals surface area contributed by atoms with Gasteiger partial charge in [-0.3, -0.25) is 9.69 Å². The van der Waals surface area contributed by atoms with E-state index in [0.29, 0.717) is 12.2 Å². The molecule has 1 saturated heterocycles. The molecule has 4 nitrogen and oxygen atoms in total. The average molecular weight is 316 g/mol. The molecule has 3 N–H and O–H groups in total. The van der Waals surface area contributed by atoms with Crippen molar-refractivity contribution in [1.82, 2.24) is 4.90 Å². The average Bonchev–Trinajstić information content (AvgIpc) is 2.41. The number of benzene rings is 1. The third-order valence-corrected chi connectivity index (χ3v) is 3.75. The van der Waals surface area contributed by atoms with Gasteiger partial charge in [0.2, 0.25) is 5.91 Å². The molecule has 0 radical (unpaired) electrons. The number of hydrogen-bond donors (Lipinski definition) is 2. The molecule has 1 aromatic carbocycles. The number of amides is 1. The van der Waals surface area contributed by atoms with Crippen LogP contribution in [0.4, 0.5) is 10.1 Å². The Bertz CT molecular complexity index is 453. The van der Waals surface area contributed by atoms with Gasteiger partial charge in [-0.25, -0.2) is 4.39 Å². The first-order valence-electron chi connectivity index (χ1n) is 7.11. The van der Waals surface area contributed by atoms with Crippen molar-refractivity contribution >= 4 is 24.0 Å². The summed E-state index contributed by atoms with van der Waals surface area (Å²) in [7, 11) is 0. The van der Waals surface area contributed by atoms with Crippen LogP contribution in [0, 0.1) is 5.82 Å². The topological polar surface area (TPSA) is 58.4 Å². The minimum Gasteiger partial charge on any atom is -0.327 e. The lowest BCUT2D eigenvalue weighted by Crippen LogP contribution is -2.51. The summed E-state index contributed by atoms with van der Waals surface area (Å²) in [5, 5.41) is 2.79. The zero-order valence-electron chi connectivity index (χ0n) is 12.2. The van der Waals surface area contributed by atoms with Gasteiger partial charge in [0, 0.05) is 17.8 Å². The van der Waals surface area contributed by atoms with Crippen molar-refractivity contribution < 1.29 is 9.18 Å². The van der Waals surface area contributed by atoms with Gasteiger partial charge in [0.05, 0.1) is 6.54 Å². The molecule has 0 aliphatic carbocycles. The molecule has 1 aliphatic heterocycles. The van der Waals surface area contributed by atoms with Crippen LogP contribution in [0.1, 0.15) is 26.2 Å². The van der Waals surface area contributed by atoms with Crippen molar-refractivity contribution in [1.29, 1.82) is 0 Å². The van der Waals surface area contributed by atoms with Crippen LogP contribution in [0.15, 0.2) is 24.3 Å². The molecular formula is C15H23ClFN3O. The Labute approximate surface area is 131 Å². The van der Waals surface area contributed by atoms with Crippen molar-refractivity contribution in [3.63, 3.8) is 0 Å². The number of nitrogens with two attached hydrogens (primary N) is 1. The molecule has 1 aliphatic rings. The standard InChI is InChI=1S/C15H22FN3O.ClH/c1-11(17)14-4-2-3-9-19(14)10-15(20)18-13-7-5-12(16)6-8-13;/h5-8,11,14H,2-4,9-10,17H2,1H3,(H,18,20);1H. The number of nitrogens with zero attached hydrogens (tertiary/aromatic N) is 1. The Morgan fingerprint density at radius 2 is 2.10 bits per heavy atom. The molecule has 21 heavy (non-hydrogen) atoms. The largest absolute Gasteiger partial charge is 0.327 e. The third kappa shape index (κ3) is 5.26. The maximum atomic E-state index is 12.8. The molecule has 1 fully saturated rings. The maximum absolute atomic E-state index is 12.8. The Kier molecular flexibility index (Phi) is 7.08. The number of halogens is 2. The van der Waals surface area contributed by atoms with Crippen LogP contribution >= 0.6 is 12.4 Å². The summed E-state index contributed by atoms with van der Waals surface area (Å²) in [6.45, 7) is 3.23. The van der Waals surface area contributed by atoms with Crippen LogP contribution in [0.2, 0.25) is 0 Å². The number of likely N-dealkylation sites (tertiary alicyclic amines) is 1. The smallest absolute Gasteiger partial charge is 0.238 e. The molecule has 1 aromatic rings.